The van der Waals surface area contributed by atoms with Crippen molar-refractivity contribution in [2.45, 2.75) is 6.61 Å². The van der Waals surface area contributed by atoms with Crippen LogP contribution in [0.4, 0.5) is 0 Å². The van der Waals surface area contributed by atoms with E-state index in [1.165, 1.54) is 0 Å². The summed E-state index contributed by atoms with van der Waals surface area (Å²) in [5.41, 5.74) is 12.5. The number of nitrogens with zero attached hydrogens (tertiary/aromatic N) is 1. The Bertz CT molecular complexity index is 604. The van der Waals surface area contributed by atoms with Gasteiger partial charge in [-0.15, -0.1) is 5.10 Å². The Balaban J connectivity index is 1.99. The van der Waals surface area contributed by atoms with Crippen LogP contribution in [0.1, 0.15) is 11.1 Å². The molecule has 2 aromatic rings. The summed E-state index contributed by atoms with van der Waals surface area (Å²) in [6.45, 7) is 0.533. The van der Waals surface area contributed by atoms with Crippen molar-refractivity contribution in [3.05, 3.63) is 65.7 Å². The number of benzene rings is 2. The maximum Gasteiger partial charge on any atom is 0.256 e. The van der Waals surface area contributed by atoms with Crippen LogP contribution < -0.4 is 21.3 Å². The summed E-state index contributed by atoms with van der Waals surface area (Å²) >= 11 is 0. The van der Waals surface area contributed by atoms with Crippen LogP contribution in [0.15, 0.2) is 59.7 Å². The molecule has 0 unspecified atom stereocenters. The zero-order valence-electron chi connectivity index (χ0n) is 11.0. The predicted octanol–water partition coefficient (Wildman–Crippen LogP) is -0.0465. The molecule has 0 atom stereocenters. The fraction of sp³-hybridized carbons (Fsp3) is 0.0667. The molecular weight excluding hydrogens is 252 g/mol. The number of rotatable bonds is 5. The van der Waals surface area contributed by atoms with Crippen LogP contribution in [0.5, 0.6) is 5.75 Å². The van der Waals surface area contributed by atoms with Gasteiger partial charge in [0.1, 0.15) is 12.4 Å². The minimum absolute atomic E-state index is 0.0160. The summed E-state index contributed by atoms with van der Waals surface area (Å²) in [6, 6.07) is 17.6. The number of guanidine groups is 1. The van der Waals surface area contributed by atoms with Crippen LogP contribution >= 0.6 is 0 Å². The number of hydrogen-bond donors (Lipinski definition) is 3. The van der Waals surface area contributed by atoms with Gasteiger partial charge in [-0.05, 0) is 23.8 Å². The van der Waals surface area contributed by atoms with Crippen molar-refractivity contribution < 1.29 is 9.84 Å². The average molecular weight is 269 g/mol. The highest BCUT2D eigenvalue weighted by molar-refractivity contribution is 5.77. The van der Waals surface area contributed by atoms with Gasteiger partial charge in [-0.25, -0.2) is 0 Å². The van der Waals surface area contributed by atoms with E-state index in [9.17, 15) is 0 Å². The van der Waals surface area contributed by atoms with Crippen LogP contribution in [0, 0.1) is 0 Å². The molecule has 5 nitrogen and oxygen atoms in total. The van der Waals surface area contributed by atoms with Crippen molar-refractivity contribution in [1.29, 1.82) is 0 Å². The van der Waals surface area contributed by atoms with Gasteiger partial charge in [0.25, 0.3) is 5.96 Å². The van der Waals surface area contributed by atoms with Crippen LogP contribution in [0.3, 0.4) is 0 Å². The first-order chi connectivity index (χ1) is 9.74. The molecule has 0 aliphatic carbocycles. The lowest BCUT2D eigenvalue weighted by Crippen LogP contribution is -2.63. The summed E-state index contributed by atoms with van der Waals surface area (Å²) in [5.74, 6) is 0.770. The molecule has 0 spiro atoms. The normalized spacial score (nSPS) is 10.4. The molecule has 20 heavy (non-hydrogen) atoms. The molecule has 5 N–H and O–H groups in total. The Hall–Kier alpha value is -2.82. The van der Waals surface area contributed by atoms with Crippen molar-refractivity contribution in [3.63, 3.8) is 0 Å². The second kappa shape index (κ2) is 6.94. The molecule has 102 valence electrons. The minimum atomic E-state index is -0.0160. The first kappa shape index (κ1) is 13.6. The van der Waals surface area contributed by atoms with Crippen LogP contribution in [0.2, 0.25) is 0 Å². The van der Waals surface area contributed by atoms with Gasteiger partial charge in [-0.3, -0.25) is 0 Å². The number of ether oxygens (including phenoxy) is 1. The zero-order chi connectivity index (χ0) is 14.2. The van der Waals surface area contributed by atoms with E-state index in [1.807, 2.05) is 54.6 Å². The molecule has 0 aliphatic rings. The Labute approximate surface area is 117 Å². The monoisotopic (exact) mass is 269 g/mol. The van der Waals surface area contributed by atoms with Gasteiger partial charge in [0.05, 0.1) is 0 Å². The fourth-order valence-electron chi connectivity index (χ4n) is 1.62. The van der Waals surface area contributed by atoms with E-state index in [1.54, 1.807) is 6.21 Å². The standard InChI is InChI=1S/C15H16N4O/c16-15(17)19-18-10-13-7-4-8-14(9-13)20-11-12-5-2-1-3-6-12/h1-10H,11H2,(H4,16,17,19)/p+1/b18-10-. The van der Waals surface area contributed by atoms with Crippen LogP contribution in [0.25, 0.3) is 0 Å². The van der Waals surface area contributed by atoms with Gasteiger partial charge < -0.3 is 16.2 Å². The molecule has 0 aliphatic heterocycles. The Kier molecular flexibility index (Phi) is 4.72. The zero-order valence-corrected chi connectivity index (χ0v) is 11.0. The molecular formula is C15H17N4O+. The van der Waals surface area contributed by atoms with E-state index < -0.39 is 0 Å². The van der Waals surface area contributed by atoms with Crippen molar-refractivity contribution in [3.8, 4) is 5.75 Å². The summed E-state index contributed by atoms with van der Waals surface area (Å²) in [5, 5.41) is 6.33. The average Bonchev–Trinajstić information content (AvgIpc) is 2.46. The predicted molar refractivity (Wildman–Crippen MR) is 79.2 cm³/mol. The maximum atomic E-state index is 5.73. The molecule has 0 radical (unpaired) electrons. The van der Waals surface area contributed by atoms with Gasteiger partial charge >= 0.3 is 0 Å². The molecule has 0 saturated carbocycles. The molecule has 0 fully saturated rings. The molecule has 2 rings (SSSR count). The van der Waals surface area contributed by atoms with Crippen molar-refractivity contribution in [1.82, 2.24) is 0 Å². The van der Waals surface area contributed by atoms with E-state index in [-0.39, 0.29) is 5.96 Å². The van der Waals surface area contributed by atoms with Gasteiger partial charge in [-0.2, -0.15) is 0 Å². The number of hydrogen-bond acceptors (Lipinski definition) is 2. The fourth-order valence-corrected chi connectivity index (χ4v) is 1.62. The van der Waals surface area contributed by atoms with E-state index in [2.05, 4.69) is 10.2 Å². The lowest BCUT2D eigenvalue weighted by Gasteiger charge is -2.06. The first-order valence-electron chi connectivity index (χ1n) is 6.18. The highest BCUT2D eigenvalue weighted by atomic mass is 16.5. The third-order valence-corrected chi connectivity index (χ3v) is 2.53. The van der Waals surface area contributed by atoms with Crippen molar-refractivity contribution >= 4 is 12.2 Å². The van der Waals surface area contributed by atoms with Crippen molar-refractivity contribution in [2.75, 3.05) is 0 Å². The molecule has 2 aromatic carbocycles. The SMILES string of the molecule is NC(N)=N/[NH+]=C\c1cccc(OCc2ccccc2)c1. The van der Waals surface area contributed by atoms with E-state index >= 15 is 0 Å². The highest BCUT2D eigenvalue weighted by Gasteiger charge is 1.98. The van der Waals surface area contributed by atoms with Gasteiger partial charge in [-0.1, -0.05) is 36.4 Å². The lowest BCUT2D eigenvalue weighted by atomic mass is 10.2. The molecule has 0 aromatic heterocycles. The number of nitrogens with one attached hydrogen (secondary N) is 1. The Morgan fingerprint density at radius 2 is 1.90 bits per heavy atom. The minimum Gasteiger partial charge on any atom is -0.489 e. The van der Waals surface area contributed by atoms with E-state index in [4.69, 9.17) is 16.2 Å². The molecule has 0 saturated heterocycles. The van der Waals surface area contributed by atoms with E-state index in [0.717, 1.165) is 16.9 Å². The number of hydrazone groups is 1. The van der Waals surface area contributed by atoms with Crippen LogP contribution in [-0.2, 0) is 6.61 Å². The summed E-state index contributed by atoms with van der Waals surface area (Å²) in [7, 11) is 0. The second-order valence-corrected chi connectivity index (χ2v) is 4.16. The van der Waals surface area contributed by atoms with Gasteiger partial charge in [0.2, 0.25) is 6.21 Å². The Morgan fingerprint density at radius 1 is 1.10 bits per heavy atom. The number of nitrogens with two attached hydrogens (primary N) is 2. The van der Waals surface area contributed by atoms with Crippen molar-refractivity contribution in [2.24, 2.45) is 16.6 Å². The third-order valence-electron chi connectivity index (χ3n) is 2.53. The highest BCUT2D eigenvalue weighted by Crippen LogP contribution is 2.13. The largest absolute Gasteiger partial charge is 0.489 e. The molecule has 0 heterocycles. The topological polar surface area (TPSA) is 87.6 Å². The first-order valence-corrected chi connectivity index (χ1v) is 6.18. The molecule has 0 bridgehead atoms. The molecule has 0 amide bonds. The molecule has 5 heteroatoms. The summed E-state index contributed by atoms with van der Waals surface area (Å²) in [4.78, 5) is 0. The Morgan fingerprint density at radius 3 is 2.65 bits per heavy atom. The smallest absolute Gasteiger partial charge is 0.256 e. The summed E-state index contributed by atoms with van der Waals surface area (Å²) < 4.78 is 5.73. The van der Waals surface area contributed by atoms with Gasteiger partial charge in [0, 0.05) is 10.7 Å². The maximum absolute atomic E-state index is 5.73. The quantitative estimate of drug-likeness (QED) is 0.404. The van der Waals surface area contributed by atoms with Gasteiger partial charge in [0.15, 0.2) is 0 Å². The summed E-state index contributed by atoms with van der Waals surface area (Å²) in [6.07, 6.45) is 1.69. The lowest BCUT2D eigenvalue weighted by molar-refractivity contribution is -0.456. The van der Waals surface area contributed by atoms with Crippen LogP contribution in [-0.4, -0.2) is 12.2 Å². The third kappa shape index (κ3) is 4.45. The second-order valence-electron chi connectivity index (χ2n) is 4.16. The van der Waals surface area contributed by atoms with E-state index in [0.29, 0.717) is 6.61 Å².